The lowest BCUT2D eigenvalue weighted by Gasteiger charge is -2.28. The van der Waals surface area contributed by atoms with Crippen molar-refractivity contribution in [3.05, 3.63) is 100 Å². The van der Waals surface area contributed by atoms with Crippen LogP contribution in [0.1, 0.15) is 24.2 Å². The van der Waals surface area contributed by atoms with Crippen LogP contribution in [-0.4, -0.2) is 24.7 Å². The molecule has 2 heterocycles. The minimum atomic E-state index is -0.751. The maximum Gasteiger partial charge on any atom is 0.254 e. The van der Waals surface area contributed by atoms with Crippen LogP contribution >= 0.6 is 11.8 Å². The number of allylic oxidation sites excluding steroid dienone is 2. The van der Waals surface area contributed by atoms with E-state index < -0.39 is 11.8 Å². The van der Waals surface area contributed by atoms with Gasteiger partial charge in [0.25, 0.3) is 5.91 Å². The first-order valence-corrected chi connectivity index (χ1v) is 12.5. The van der Waals surface area contributed by atoms with Crippen molar-refractivity contribution in [1.29, 1.82) is 5.26 Å². The quantitative estimate of drug-likeness (QED) is 0.373. The Morgan fingerprint density at radius 3 is 2.51 bits per heavy atom. The molecule has 0 saturated heterocycles. The van der Waals surface area contributed by atoms with Crippen molar-refractivity contribution in [2.24, 2.45) is 0 Å². The molecule has 0 radical (unpaired) electrons. The van der Waals surface area contributed by atoms with E-state index in [0.717, 1.165) is 5.56 Å². The molecule has 1 atom stereocenters. The number of hydrogen-bond acceptors (Lipinski definition) is 7. The molecule has 3 aromatic rings. The molecule has 2 amide bonds. The number of ether oxygens (including phenoxy) is 1. The van der Waals surface area contributed by atoms with E-state index >= 15 is 0 Å². The summed E-state index contributed by atoms with van der Waals surface area (Å²) >= 11 is 1.20. The predicted molar refractivity (Wildman–Crippen MR) is 144 cm³/mol. The van der Waals surface area contributed by atoms with Gasteiger partial charge >= 0.3 is 0 Å². The fourth-order valence-electron chi connectivity index (χ4n) is 3.98. The normalized spacial score (nSPS) is 15.0. The smallest absolute Gasteiger partial charge is 0.254 e. The lowest BCUT2D eigenvalue weighted by atomic mass is 9.85. The van der Waals surface area contributed by atoms with Crippen molar-refractivity contribution in [1.82, 2.24) is 5.32 Å². The van der Waals surface area contributed by atoms with Crippen molar-refractivity contribution in [2.45, 2.75) is 19.8 Å². The van der Waals surface area contributed by atoms with Crippen molar-refractivity contribution in [2.75, 3.05) is 23.5 Å². The van der Waals surface area contributed by atoms with E-state index in [0.29, 0.717) is 44.8 Å². The van der Waals surface area contributed by atoms with E-state index in [1.165, 1.54) is 25.1 Å². The number of furan rings is 1. The van der Waals surface area contributed by atoms with Gasteiger partial charge in [-0.2, -0.15) is 5.26 Å². The van der Waals surface area contributed by atoms with Crippen LogP contribution in [-0.2, 0) is 9.59 Å². The molecular weight excluding hydrogens is 488 g/mol. The molecule has 0 unspecified atom stereocenters. The molecule has 1 aliphatic rings. The van der Waals surface area contributed by atoms with E-state index in [1.807, 2.05) is 37.3 Å². The zero-order valence-corrected chi connectivity index (χ0v) is 21.4. The summed E-state index contributed by atoms with van der Waals surface area (Å²) in [6, 6.07) is 20.3. The van der Waals surface area contributed by atoms with E-state index in [9.17, 15) is 14.9 Å². The number of nitrogens with zero attached hydrogens (tertiary/aromatic N) is 1. The number of methoxy groups -OCH3 is 1. The lowest BCUT2D eigenvalue weighted by Crippen LogP contribution is -2.31. The van der Waals surface area contributed by atoms with Gasteiger partial charge in [-0.1, -0.05) is 41.6 Å². The van der Waals surface area contributed by atoms with Crippen LogP contribution in [0.3, 0.4) is 0 Å². The largest absolute Gasteiger partial charge is 0.495 e. The summed E-state index contributed by atoms with van der Waals surface area (Å²) in [7, 11) is 1.53. The fourth-order valence-corrected chi connectivity index (χ4v) is 4.87. The maximum atomic E-state index is 13.5. The van der Waals surface area contributed by atoms with Crippen LogP contribution in [0.4, 0.5) is 11.4 Å². The number of dihydropyridines is 1. The van der Waals surface area contributed by atoms with Crippen molar-refractivity contribution in [3.8, 4) is 11.8 Å². The fraction of sp³-hybridized carbons (Fsp3) is 0.179. The van der Waals surface area contributed by atoms with Gasteiger partial charge in [0.2, 0.25) is 5.91 Å². The Kier molecular flexibility index (Phi) is 8.01. The van der Waals surface area contributed by atoms with Gasteiger partial charge < -0.3 is 25.1 Å². The third-order valence-electron chi connectivity index (χ3n) is 5.76. The summed E-state index contributed by atoms with van der Waals surface area (Å²) < 4.78 is 11.0. The minimum absolute atomic E-state index is 0.0717. The second-order valence-corrected chi connectivity index (χ2v) is 9.31. The summed E-state index contributed by atoms with van der Waals surface area (Å²) in [6.07, 6.45) is 1.50. The number of hydrogen-bond donors (Lipinski definition) is 3. The molecule has 0 saturated carbocycles. The maximum absolute atomic E-state index is 13.5. The van der Waals surface area contributed by atoms with Crippen molar-refractivity contribution in [3.63, 3.8) is 0 Å². The van der Waals surface area contributed by atoms with Gasteiger partial charge in [-0.3, -0.25) is 9.59 Å². The van der Waals surface area contributed by atoms with Crippen LogP contribution in [0.15, 0.2) is 93.2 Å². The number of aryl methyl sites for hydroxylation is 1. The van der Waals surface area contributed by atoms with Gasteiger partial charge in [0, 0.05) is 11.4 Å². The predicted octanol–water partition coefficient (Wildman–Crippen LogP) is 5.30. The highest BCUT2D eigenvalue weighted by atomic mass is 32.2. The first-order valence-electron chi connectivity index (χ1n) is 11.5. The van der Waals surface area contributed by atoms with Gasteiger partial charge in [-0.25, -0.2) is 0 Å². The molecule has 3 N–H and O–H groups in total. The van der Waals surface area contributed by atoms with Gasteiger partial charge in [0.15, 0.2) is 0 Å². The summed E-state index contributed by atoms with van der Waals surface area (Å²) in [6.45, 7) is 3.73. The Labute approximate surface area is 219 Å². The molecule has 37 heavy (non-hydrogen) atoms. The summed E-state index contributed by atoms with van der Waals surface area (Å²) in [5, 5.41) is 19.5. The Morgan fingerprint density at radius 1 is 1.08 bits per heavy atom. The van der Waals surface area contributed by atoms with Crippen molar-refractivity contribution < 1.29 is 18.7 Å². The van der Waals surface area contributed by atoms with E-state index in [1.54, 1.807) is 37.3 Å². The molecule has 8 nitrogen and oxygen atoms in total. The number of benzene rings is 2. The first-order chi connectivity index (χ1) is 17.9. The zero-order chi connectivity index (χ0) is 26.4. The number of thioether (sulfide) groups is 1. The molecule has 2 aromatic carbocycles. The third-order valence-corrected chi connectivity index (χ3v) is 6.78. The van der Waals surface area contributed by atoms with Gasteiger partial charge in [-0.05, 0) is 50.2 Å². The minimum Gasteiger partial charge on any atom is -0.495 e. The SMILES string of the molecule is COc1ccccc1NC(=O)C1=C(C)NC(SCC(=O)Nc2ccc(C)cc2)=C(C#N)[C@H]1c1ccco1. The highest BCUT2D eigenvalue weighted by Gasteiger charge is 2.36. The number of para-hydroxylation sites is 2. The van der Waals surface area contributed by atoms with Crippen LogP contribution in [0, 0.1) is 18.3 Å². The number of rotatable bonds is 8. The summed E-state index contributed by atoms with van der Waals surface area (Å²) in [5.41, 5.74) is 3.48. The van der Waals surface area contributed by atoms with E-state index in [4.69, 9.17) is 9.15 Å². The second kappa shape index (κ2) is 11.5. The van der Waals surface area contributed by atoms with Crippen LogP contribution in [0.2, 0.25) is 0 Å². The lowest BCUT2D eigenvalue weighted by molar-refractivity contribution is -0.114. The van der Waals surface area contributed by atoms with Gasteiger partial charge in [-0.15, -0.1) is 0 Å². The molecule has 4 rings (SSSR count). The zero-order valence-electron chi connectivity index (χ0n) is 20.6. The Hall–Kier alpha value is -4.42. The van der Waals surface area contributed by atoms with Crippen molar-refractivity contribution >= 4 is 35.0 Å². The highest BCUT2D eigenvalue weighted by molar-refractivity contribution is 8.03. The topological polar surface area (TPSA) is 116 Å². The highest BCUT2D eigenvalue weighted by Crippen LogP contribution is 2.41. The van der Waals surface area contributed by atoms with E-state index in [-0.39, 0.29) is 11.7 Å². The molecule has 9 heteroatoms. The van der Waals surface area contributed by atoms with Crippen LogP contribution < -0.4 is 20.7 Å². The van der Waals surface area contributed by atoms with Gasteiger partial charge in [0.05, 0.1) is 53.0 Å². The Morgan fingerprint density at radius 2 is 1.84 bits per heavy atom. The monoisotopic (exact) mass is 514 g/mol. The molecular formula is C28H26N4O4S. The van der Waals surface area contributed by atoms with Crippen LogP contribution in [0.5, 0.6) is 5.75 Å². The number of carbonyl (C=O) groups is 2. The molecule has 1 aliphatic heterocycles. The number of nitrogens with one attached hydrogen (secondary N) is 3. The number of nitriles is 1. The second-order valence-electron chi connectivity index (χ2n) is 8.32. The Balaban J connectivity index is 1.59. The molecule has 188 valence electrons. The molecule has 1 aromatic heterocycles. The third kappa shape index (κ3) is 5.88. The molecule has 0 spiro atoms. The van der Waals surface area contributed by atoms with Gasteiger partial charge in [0.1, 0.15) is 11.5 Å². The average molecular weight is 515 g/mol. The number of amides is 2. The number of carbonyl (C=O) groups excluding carboxylic acids is 2. The standard InChI is InChI=1S/C28H26N4O4S/c1-17-10-12-19(13-11-17)31-24(33)16-37-28-20(15-29)26(23-9-6-14-36-23)25(18(2)30-28)27(34)32-21-7-4-5-8-22(21)35-3/h4-14,26,30H,16H2,1-3H3,(H,31,33)(H,32,34)/t26-/m0/s1. The summed E-state index contributed by atoms with van der Waals surface area (Å²) in [4.78, 5) is 26.1. The summed E-state index contributed by atoms with van der Waals surface area (Å²) in [5.74, 6) is -0.327. The average Bonchev–Trinajstić information content (AvgIpc) is 3.43. The molecule has 0 bridgehead atoms. The number of anilines is 2. The van der Waals surface area contributed by atoms with Crippen LogP contribution in [0.25, 0.3) is 0 Å². The van der Waals surface area contributed by atoms with E-state index in [2.05, 4.69) is 22.0 Å². The molecule has 0 fully saturated rings. The Bertz CT molecular complexity index is 1400. The first kappa shape index (κ1) is 25.7. The molecule has 0 aliphatic carbocycles.